The normalized spacial score (nSPS) is 11.6. The SMILES string of the molecule is CC(C)S(=O)(=O)CCOc1cc(F)ccc1[N+](=O)[O-]. The fraction of sp³-hybridized carbons (Fsp3) is 0.455. The molecule has 1 aromatic carbocycles. The second kappa shape index (κ2) is 5.96. The van der Waals surface area contributed by atoms with Gasteiger partial charge in [-0.15, -0.1) is 0 Å². The molecule has 0 N–H and O–H groups in total. The second-order valence-electron chi connectivity index (χ2n) is 4.13. The van der Waals surface area contributed by atoms with Crippen LogP contribution in [-0.4, -0.2) is 31.0 Å². The van der Waals surface area contributed by atoms with Crippen LogP contribution < -0.4 is 4.74 Å². The summed E-state index contributed by atoms with van der Waals surface area (Å²) in [6, 6.07) is 2.78. The van der Waals surface area contributed by atoms with E-state index in [0.717, 1.165) is 18.2 Å². The maximum Gasteiger partial charge on any atom is 0.311 e. The van der Waals surface area contributed by atoms with Gasteiger partial charge in [0.2, 0.25) is 0 Å². The zero-order valence-corrected chi connectivity index (χ0v) is 11.3. The number of ether oxygens (including phenoxy) is 1. The van der Waals surface area contributed by atoms with Gasteiger partial charge in [0.05, 0.1) is 15.9 Å². The first-order valence-electron chi connectivity index (χ1n) is 5.52. The molecule has 0 aromatic heterocycles. The van der Waals surface area contributed by atoms with E-state index >= 15 is 0 Å². The van der Waals surface area contributed by atoms with E-state index in [1.165, 1.54) is 13.8 Å². The first-order valence-corrected chi connectivity index (χ1v) is 7.24. The number of rotatable bonds is 6. The lowest BCUT2D eigenvalue weighted by Crippen LogP contribution is -2.22. The minimum absolute atomic E-state index is 0.259. The maximum absolute atomic E-state index is 13.0. The lowest BCUT2D eigenvalue weighted by Gasteiger charge is -2.09. The highest BCUT2D eigenvalue weighted by Crippen LogP contribution is 2.27. The molecule has 106 valence electrons. The van der Waals surface area contributed by atoms with Gasteiger partial charge in [-0.1, -0.05) is 0 Å². The number of nitrogens with zero attached hydrogens (tertiary/aromatic N) is 1. The Labute approximate surface area is 110 Å². The number of halogens is 1. The minimum Gasteiger partial charge on any atom is -0.486 e. The van der Waals surface area contributed by atoms with Crippen molar-refractivity contribution in [2.75, 3.05) is 12.4 Å². The summed E-state index contributed by atoms with van der Waals surface area (Å²) in [5.41, 5.74) is -0.400. The van der Waals surface area contributed by atoms with E-state index in [-0.39, 0.29) is 18.1 Å². The summed E-state index contributed by atoms with van der Waals surface area (Å²) in [6.07, 6.45) is 0. The number of hydrogen-bond donors (Lipinski definition) is 0. The van der Waals surface area contributed by atoms with Gasteiger partial charge in [-0.2, -0.15) is 0 Å². The second-order valence-corrected chi connectivity index (χ2v) is 6.81. The van der Waals surface area contributed by atoms with Crippen LogP contribution in [0.15, 0.2) is 18.2 Å². The molecule has 6 nitrogen and oxygen atoms in total. The van der Waals surface area contributed by atoms with Crippen LogP contribution in [0.5, 0.6) is 5.75 Å². The quantitative estimate of drug-likeness (QED) is 0.590. The van der Waals surface area contributed by atoms with Crippen molar-refractivity contribution in [1.29, 1.82) is 0 Å². The zero-order valence-electron chi connectivity index (χ0n) is 10.5. The van der Waals surface area contributed by atoms with Crippen molar-refractivity contribution >= 4 is 15.5 Å². The summed E-state index contributed by atoms with van der Waals surface area (Å²) in [7, 11) is -3.30. The van der Waals surface area contributed by atoms with Crippen LogP contribution in [0.1, 0.15) is 13.8 Å². The molecule has 1 rings (SSSR count). The van der Waals surface area contributed by atoms with Gasteiger partial charge in [0.25, 0.3) is 0 Å². The molecule has 0 aliphatic carbocycles. The van der Waals surface area contributed by atoms with E-state index in [1.54, 1.807) is 0 Å². The Hall–Kier alpha value is -1.70. The molecule has 0 radical (unpaired) electrons. The van der Waals surface area contributed by atoms with Gasteiger partial charge in [-0.05, 0) is 19.9 Å². The predicted molar refractivity (Wildman–Crippen MR) is 67.5 cm³/mol. The molecular weight excluding hydrogens is 277 g/mol. The van der Waals surface area contributed by atoms with Crippen molar-refractivity contribution in [3.63, 3.8) is 0 Å². The molecule has 0 heterocycles. The van der Waals surface area contributed by atoms with Crippen LogP contribution in [0, 0.1) is 15.9 Å². The summed E-state index contributed by atoms with van der Waals surface area (Å²) >= 11 is 0. The average molecular weight is 291 g/mol. The molecule has 0 amide bonds. The third kappa shape index (κ3) is 4.16. The van der Waals surface area contributed by atoms with Crippen molar-refractivity contribution in [3.8, 4) is 5.75 Å². The van der Waals surface area contributed by atoms with Crippen molar-refractivity contribution in [1.82, 2.24) is 0 Å². The maximum atomic E-state index is 13.0. The summed E-state index contributed by atoms with van der Waals surface area (Å²) in [6.45, 7) is 2.80. The number of hydrogen-bond acceptors (Lipinski definition) is 5. The number of sulfone groups is 1. The van der Waals surface area contributed by atoms with Crippen LogP contribution >= 0.6 is 0 Å². The van der Waals surface area contributed by atoms with Crippen molar-refractivity contribution in [3.05, 3.63) is 34.1 Å². The molecule has 0 fully saturated rings. The molecule has 0 saturated heterocycles. The standard InChI is InChI=1S/C11H14FNO5S/c1-8(2)19(16,17)6-5-18-11-7-9(12)3-4-10(11)13(14)15/h3-4,7-8H,5-6H2,1-2H3. The van der Waals surface area contributed by atoms with E-state index < -0.39 is 31.5 Å². The Morgan fingerprint density at radius 3 is 2.58 bits per heavy atom. The number of benzene rings is 1. The molecule has 0 aliphatic rings. The third-order valence-corrected chi connectivity index (χ3v) is 4.63. The van der Waals surface area contributed by atoms with Gasteiger partial charge in [0, 0.05) is 12.1 Å². The summed E-state index contributed by atoms with van der Waals surface area (Å²) in [4.78, 5) is 9.97. The minimum atomic E-state index is -3.30. The fourth-order valence-electron chi connectivity index (χ4n) is 1.26. The van der Waals surface area contributed by atoms with Gasteiger partial charge >= 0.3 is 5.69 Å². The highest BCUT2D eigenvalue weighted by molar-refractivity contribution is 7.91. The predicted octanol–water partition coefficient (Wildman–Crippen LogP) is 1.94. The lowest BCUT2D eigenvalue weighted by atomic mass is 10.3. The van der Waals surface area contributed by atoms with Gasteiger partial charge in [-0.25, -0.2) is 12.8 Å². The van der Waals surface area contributed by atoms with E-state index in [2.05, 4.69) is 0 Å². The Bertz CT molecular complexity index is 570. The van der Waals surface area contributed by atoms with E-state index in [9.17, 15) is 22.9 Å². The van der Waals surface area contributed by atoms with Gasteiger partial charge in [0.15, 0.2) is 15.6 Å². The topological polar surface area (TPSA) is 86.5 Å². The number of nitro benzene ring substituents is 1. The monoisotopic (exact) mass is 291 g/mol. The molecule has 0 saturated carbocycles. The van der Waals surface area contributed by atoms with Gasteiger partial charge in [-0.3, -0.25) is 10.1 Å². The first-order chi connectivity index (χ1) is 8.74. The number of nitro groups is 1. The van der Waals surface area contributed by atoms with Crippen LogP contribution in [0.2, 0.25) is 0 Å². The molecule has 0 atom stereocenters. The fourth-order valence-corrected chi connectivity index (χ4v) is 2.04. The van der Waals surface area contributed by atoms with Crippen LogP contribution in [0.3, 0.4) is 0 Å². The van der Waals surface area contributed by atoms with Gasteiger partial charge in [0.1, 0.15) is 12.4 Å². The van der Waals surface area contributed by atoms with Crippen LogP contribution in [-0.2, 0) is 9.84 Å². The molecule has 0 bridgehead atoms. The van der Waals surface area contributed by atoms with Crippen LogP contribution in [0.25, 0.3) is 0 Å². The van der Waals surface area contributed by atoms with E-state index in [0.29, 0.717) is 0 Å². The smallest absolute Gasteiger partial charge is 0.311 e. The zero-order chi connectivity index (χ0) is 14.6. The molecule has 8 heteroatoms. The lowest BCUT2D eigenvalue weighted by molar-refractivity contribution is -0.385. The van der Waals surface area contributed by atoms with Crippen LogP contribution in [0.4, 0.5) is 10.1 Å². The first kappa shape index (κ1) is 15.4. The Morgan fingerprint density at radius 1 is 1.42 bits per heavy atom. The average Bonchev–Trinajstić information content (AvgIpc) is 2.28. The summed E-state index contributed by atoms with van der Waals surface area (Å²) < 4.78 is 41.0. The van der Waals surface area contributed by atoms with Crippen molar-refractivity contribution in [2.24, 2.45) is 0 Å². The molecule has 1 aromatic rings. The molecular formula is C11H14FNO5S. The largest absolute Gasteiger partial charge is 0.486 e. The van der Waals surface area contributed by atoms with Crippen molar-refractivity contribution in [2.45, 2.75) is 19.1 Å². The Balaban J connectivity index is 2.78. The molecule has 0 spiro atoms. The van der Waals surface area contributed by atoms with Gasteiger partial charge < -0.3 is 4.74 Å². The summed E-state index contributed by atoms with van der Waals surface area (Å²) in [5.74, 6) is -1.24. The highest BCUT2D eigenvalue weighted by Gasteiger charge is 2.19. The highest BCUT2D eigenvalue weighted by atomic mass is 32.2. The Kier molecular flexibility index (Phi) is 4.82. The molecule has 19 heavy (non-hydrogen) atoms. The summed E-state index contributed by atoms with van der Waals surface area (Å²) in [5, 5.41) is 10.1. The van der Waals surface area contributed by atoms with E-state index in [1.807, 2.05) is 0 Å². The van der Waals surface area contributed by atoms with E-state index in [4.69, 9.17) is 4.74 Å². The third-order valence-electron chi connectivity index (χ3n) is 2.46. The molecule has 0 aliphatic heterocycles. The molecule has 0 unspecified atom stereocenters. The van der Waals surface area contributed by atoms with Crippen molar-refractivity contribution < 1.29 is 22.5 Å². The Morgan fingerprint density at radius 2 is 2.05 bits per heavy atom.